The SMILES string of the molecule is CCC1CN(CC2CCCN(C)C2)C(C(C)C)CN1. The van der Waals surface area contributed by atoms with Crippen molar-refractivity contribution in [2.45, 2.75) is 52.1 Å². The van der Waals surface area contributed by atoms with E-state index < -0.39 is 0 Å². The first-order valence-electron chi connectivity index (χ1n) is 8.26. The lowest BCUT2D eigenvalue weighted by molar-refractivity contribution is 0.0630. The molecule has 3 unspecified atom stereocenters. The standard InChI is InChI=1S/C16H33N3/c1-5-15-12-19(16(9-17-15)13(2)3)11-14-7-6-8-18(4)10-14/h13-17H,5-12H2,1-4H3. The molecule has 0 radical (unpaired) electrons. The maximum Gasteiger partial charge on any atom is 0.0244 e. The van der Waals surface area contributed by atoms with Crippen molar-refractivity contribution in [2.75, 3.05) is 39.8 Å². The molecule has 0 amide bonds. The van der Waals surface area contributed by atoms with Crippen LogP contribution in [0.2, 0.25) is 0 Å². The van der Waals surface area contributed by atoms with Crippen molar-refractivity contribution in [2.24, 2.45) is 11.8 Å². The maximum atomic E-state index is 3.72. The summed E-state index contributed by atoms with van der Waals surface area (Å²) in [6, 6.07) is 1.44. The lowest BCUT2D eigenvalue weighted by atomic mass is 9.93. The summed E-state index contributed by atoms with van der Waals surface area (Å²) in [4.78, 5) is 5.30. The molecule has 2 heterocycles. The number of nitrogens with zero attached hydrogens (tertiary/aromatic N) is 2. The van der Waals surface area contributed by atoms with Gasteiger partial charge in [-0.2, -0.15) is 0 Å². The van der Waals surface area contributed by atoms with E-state index in [0.717, 1.165) is 17.9 Å². The smallest absolute Gasteiger partial charge is 0.0244 e. The molecular formula is C16H33N3. The highest BCUT2D eigenvalue weighted by Crippen LogP contribution is 2.22. The minimum atomic E-state index is 0.705. The lowest BCUT2D eigenvalue weighted by Crippen LogP contribution is -2.59. The Balaban J connectivity index is 1.92. The first-order chi connectivity index (χ1) is 9.10. The number of likely N-dealkylation sites (tertiary alicyclic amines) is 1. The fourth-order valence-corrected chi connectivity index (χ4v) is 3.79. The molecule has 19 heavy (non-hydrogen) atoms. The molecule has 2 aliphatic rings. The normalized spacial score (nSPS) is 34.9. The van der Waals surface area contributed by atoms with Crippen LogP contribution in [0.5, 0.6) is 0 Å². The van der Waals surface area contributed by atoms with Crippen LogP contribution >= 0.6 is 0 Å². The quantitative estimate of drug-likeness (QED) is 0.841. The Labute approximate surface area is 119 Å². The molecule has 0 bridgehead atoms. The summed E-state index contributed by atoms with van der Waals surface area (Å²) in [5.41, 5.74) is 0. The second-order valence-corrected chi connectivity index (χ2v) is 7.05. The van der Waals surface area contributed by atoms with Gasteiger partial charge >= 0.3 is 0 Å². The maximum absolute atomic E-state index is 3.72. The Morgan fingerprint density at radius 2 is 2.05 bits per heavy atom. The molecule has 0 saturated carbocycles. The third-order valence-electron chi connectivity index (χ3n) is 5.02. The molecular weight excluding hydrogens is 234 g/mol. The minimum absolute atomic E-state index is 0.705. The molecule has 112 valence electrons. The predicted molar refractivity (Wildman–Crippen MR) is 82.5 cm³/mol. The number of hydrogen-bond acceptors (Lipinski definition) is 3. The molecule has 0 aromatic carbocycles. The Bertz CT molecular complexity index is 267. The van der Waals surface area contributed by atoms with Gasteiger partial charge in [-0.05, 0) is 44.7 Å². The predicted octanol–water partition coefficient (Wildman–Crippen LogP) is 2.04. The summed E-state index contributed by atoms with van der Waals surface area (Å²) in [6.45, 7) is 13.4. The van der Waals surface area contributed by atoms with Crippen LogP contribution in [0.15, 0.2) is 0 Å². The summed E-state index contributed by atoms with van der Waals surface area (Å²) in [6.07, 6.45) is 4.07. The van der Waals surface area contributed by atoms with Gasteiger partial charge in [0, 0.05) is 38.3 Å². The van der Waals surface area contributed by atoms with Crippen LogP contribution in [0.1, 0.15) is 40.0 Å². The molecule has 2 saturated heterocycles. The molecule has 3 heteroatoms. The fraction of sp³-hybridized carbons (Fsp3) is 1.00. The van der Waals surface area contributed by atoms with Crippen LogP contribution in [-0.2, 0) is 0 Å². The molecule has 0 aromatic heterocycles. The number of piperazine rings is 1. The highest BCUT2D eigenvalue weighted by atomic mass is 15.2. The third-order valence-corrected chi connectivity index (χ3v) is 5.02. The van der Waals surface area contributed by atoms with Gasteiger partial charge in [-0.25, -0.2) is 0 Å². The largest absolute Gasteiger partial charge is 0.311 e. The second kappa shape index (κ2) is 7.05. The molecule has 2 aliphatic heterocycles. The van der Waals surface area contributed by atoms with E-state index in [-0.39, 0.29) is 0 Å². The van der Waals surface area contributed by atoms with Crippen molar-refractivity contribution < 1.29 is 0 Å². The molecule has 3 atom stereocenters. The van der Waals surface area contributed by atoms with Gasteiger partial charge in [0.1, 0.15) is 0 Å². The summed E-state index contributed by atoms with van der Waals surface area (Å²) in [5, 5.41) is 3.72. The average molecular weight is 267 g/mol. The third kappa shape index (κ3) is 4.17. The van der Waals surface area contributed by atoms with Crippen LogP contribution < -0.4 is 5.32 Å². The van der Waals surface area contributed by atoms with E-state index in [1.807, 2.05) is 0 Å². The van der Waals surface area contributed by atoms with Gasteiger partial charge in [-0.3, -0.25) is 4.90 Å². The molecule has 1 N–H and O–H groups in total. The first-order valence-corrected chi connectivity index (χ1v) is 8.26. The van der Waals surface area contributed by atoms with Crippen molar-refractivity contribution in [3.63, 3.8) is 0 Å². The summed E-state index contributed by atoms with van der Waals surface area (Å²) in [5.74, 6) is 1.64. The number of rotatable bonds is 4. The topological polar surface area (TPSA) is 18.5 Å². The monoisotopic (exact) mass is 267 g/mol. The molecule has 0 spiro atoms. The molecule has 3 nitrogen and oxygen atoms in total. The number of hydrogen-bond donors (Lipinski definition) is 1. The van der Waals surface area contributed by atoms with Crippen LogP contribution in [0.25, 0.3) is 0 Å². The van der Waals surface area contributed by atoms with Crippen molar-refractivity contribution >= 4 is 0 Å². The average Bonchev–Trinajstić information content (AvgIpc) is 2.38. The van der Waals surface area contributed by atoms with Gasteiger partial charge < -0.3 is 10.2 Å². The highest BCUT2D eigenvalue weighted by molar-refractivity contribution is 4.89. The first kappa shape index (κ1) is 15.3. The molecule has 2 rings (SSSR count). The minimum Gasteiger partial charge on any atom is -0.311 e. The Morgan fingerprint density at radius 3 is 2.68 bits per heavy atom. The zero-order valence-electron chi connectivity index (χ0n) is 13.4. The van der Waals surface area contributed by atoms with E-state index in [1.165, 1.54) is 52.0 Å². The zero-order chi connectivity index (χ0) is 13.8. The number of nitrogens with one attached hydrogen (secondary N) is 1. The Kier molecular flexibility index (Phi) is 5.67. The van der Waals surface area contributed by atoms with Crippen molar-refractivity contribution in [3.05, 3.63) is 0 Å². The summed E-state index contributed by atoms with van der Waals surface area (Å²) >= 11 is 0. The van der Waals surface area contributed by atoms with Gasteiger partial charge in [0.2, 0.25) is 0 Å². The zero-order valence-corrected chi connectivity index (χ0v) is 13.4. The van der Waals surface area contributed by atoms with E-state index in [2.05, 4.69) is 42.9 Å². The summed E-state index contributed by atoms with van der Waals surface area (Å²) in [7, 11) is 2.28. The van der Waals surface area contributed by atoms with E-state index in [1.54, 1.807) is 0 Å². The molecule has 0 aromatic rings. The van der Waals surface area contributed by atoms with Crippen molar-refractivity contribution in [3.8, 4) is 0 Å². The van der Waals surface area contributed by atoms with E-state index in [4.69, 9.17) is 0 Å². The Morgan fingerprint density at radius 1 is 1.26 bits per heavy atom. The van der Waals surface area contributed by atoms with Crippen LogP contribution in [0.3, 0.4) is 0 Å². The Hall–Kier alpha value is -0.120. The second-order valence-electron chi connectivity index (χ2n) is 7.05. The number of piperidine rings is 1. The fourth-order valence-electron chi connectivity index (χ4n) is 3.79. The van der Waals surface area contributed by atoms with Crippen LogP contribution in [-0.4, -0.2) is 61.7 Å². The van der Waals surface area contributed by atoms with Crippen molar-refractivity contribution in [1.82, 2.24) is 15.1 Å². The van der Waals surface area contributed by atoms with Crippen molar-refractivity contribution in [1.29, 1.82) is 0 Å². The molecule has 0 aliphatic carbocycles. The van der Waals surface area contributed by atoms with Crippen LogP contribution in [0, 0.1) is 11.8 Å². The molecule has 2 fully saturated rings. The van der Waals surface area contributed by atoms with Gasteiger partial charge in [0.25, 0.3) is 0 Å². The van der Waals surface area contributed by atoms with E-state index in [0.29, 0.717) is 6.04 Å². The van der Waals surface area contributed by atoms with Gasteiger partial charge in [0.15, 0.2) is 0 Å². The lowest BCUT2D eigenvalue weighted by Gasteiger charge is -2.44. The summed E-state index contributed by atoms with van der Waals surface area (Å²) < 4.78 is 0. The van der Waals surface area contributed by atoms with Gasteiger partial charge in [0.05, 0.1) is 0 Å². The van der Waals surface area contributed by atoms with E-state index >= 15 is 0 Å². The van der Waals surface area contributed by atoms with E-state index in [9.17, 15) is 0 Å². The highest BCUT2D eigenvalue weighted by Gasteiger charge is 2.31. The van der Waals surface area contributed by atoms with Gasteiger partial charge in [-0.1, -0.05) is 20.8 Å². The van der Waals surface area contributed by atoms with Gasteiger partial charge in [-0.15, -0.1) is 0 Å². The van der Waals surface area contributed by atoms with Crippen LogP contribution in [0.4, 0.5) is 0 Å².